The lowest BCUT2D eigenvalue weighted by molar-refractivity contribution is 0.501. The number of hydrogen-bond acceptors (Lipinski definition) is 2. The summed E-state index contributed by atoms with van der Waals surface area (Å²) in [5.41, 5.74) is 1.16. The van der Waals surface area contributed by atoms with Crippen LogP contribution >= 0.6 is 34.2 Å². The maximum absolute atomic E-state index is 6.26. The first-order valence-corrected chi connectivity index (χ1v) is 6.56. The van der Waals surface area contributed by atoms with Crippen LogP contribution in [-0.2, 0) is 0 Å². The minimum absolute atomic E-state index is 0.510. The molecule has 0 spiro atoms. The molecule has 0 bridgehead atoms. The lowest BCUT2D eigenvalue weighted by atomic mass is 10.2. The number of nitrogens with zero attached hydrogens (tertiary/aromatic N) is 1. The lowest BCUT2D eigenvalue weighted by Crippen LogP contribution is -2.50. The molecule has 15 heavy (non-hydrogen) atoms. The van der Waals surface area contributed by atoms with Gasteiger partial charge in [0, 0.05) is 29.2 Å². The molecule has 1 aromatic carbocycles. The fraction of sp³-hybridized carbons (Fsp3) is 0.455. The van der Waals surface area contributed by atoms with Crippen LogP contribution in [0.3, 0.4) is 0 Å². The minimum Gasteiger partial charge on any atom is -0.365 e. The molecule has 1 unspecified atom stereocenters. The topological polar surface area (TPSA) is 15.3 Å². The van der Waals surface area contributed by atoms with E-state index in [4.69, 9.17) is 11.6 Å². The smallest absolute Gasteiger partial charge is 0.0650 e. The summed E-state index contributed by atoms with van der Waals surface area (Å²) in [5, 5.41) is 4.24. The Bertz CT molecular complexity index is 356. The van der Waals surface area contributed by atoms with E-state index >= 15 is 0 Å². The maximum Gasteiger partial charge on any atom is 0.0650 e. The van der Waals surface area contributed by atoms with Crippen molar-refractivity contribution < 1.29 is 0 Å². The minimum atomic E-state index is 0.510. The van der Waals surface area contributed by atoms with Crippen molar-refractivity contribution in [3.05, 3.63) is 26.8 Å². The van der Waals surface area contributed by atoms with Gasteiger partial charge in [0.25, 0.3) is 0 Å². The fourth-order valence-electron chi connectivity index (χ4n) is 1.91. The molecule has 0 aromatic heterocycles. The van der Waals surface area contributed by atoms with Gasteiger partial charge in [-0.05, 0) is 47.7 Å². The van der Waals surface area contributed by atoms with Crippen LogP contribution in [-0.4, -0.2) is 25.7 Å². The summed E-state index contributed by atoms with van der Waals surface area (Å²) >= 11 is 8.54. The van der Waals surface area contributed by atoms with Crippen molar-refractivity contribution in [2.45, 2.75) is 13.0 Å². The highest BCUT2D eigenvalue weighted by molar-refractivity contribution is 14.1. The Morgan fingerprint density at radius 3 is 3.00 bits per heavy atom. The molecule has 1 heterocycles. The highest BCUT2D eigenvalue weighted by Gasteiger charge is 2.19. The Balaban J connectivity index is 2.27. The molecule has 1 saturated heterocycles. The highest BCUT2D eigenvalue weighted by atomic mass is 127. The van der Waals surface area contributed by atoms with Gasteiger partial charge in [-0.3, -0.25) is 0 Å². The SMILES string of the molecule is CC1CNCCN1c1ccc(I)cc1Cl. The van der Waals surface area contributed by atoms with E-state index in [2.05, 4.69) is 51.9 Å². The molecule has 1 aromatic rings. The Morgan fingerprint density at radius 1 is 1.53 bits per heavy atom. The van der Waals surface area contributed by atoms with E-state index in [-0.39, 0.29) is 0 Å². The summed E-state index contributed by atoms with van der Waals surface area (Å²) in [4.78, 5) is 2.37. The average molecular weight is 337 g/mol. The van der Waals surface area contributed by atoms with Gasteiger partial charge in [0.2, 0.25) is 0 Å². The van der Waals surface area contributed by atoms with Crippen molar-refractivity contribution in [3.63, 3.8) is 0 Å². The first kappa shape index (κ1) is 11.5. The molecule has 1 aliphatic heterocycles. The Hall–Kier alpha value is -0.0000000000000000555. The molecule has 2 nitrogen and oxygen atoms in total. The summed E-state index contributed by atoms with van der Waals surface area (Å²) in [5.74, 6) is 0. The van der Waals surface area contributed by atoms with E-state index in [1.165, 1.54) is 3.57 Å². The molecule has 4 heteroatoms. The van der Waals surface area contributed by atoms with Crippen molar-refractivity contribution in [1.29, 1.82) is 0 Å². The number of anilines is 1. The Morgan fingerprint density at radius 2 is 2.33 bits per heavy atom. The van der Waals surface area contributed by atoms with Gasteiger partial charge in [-0.1, -0.05) is 11.6 Å². The largest absolute Gasteiger partial charge is 0.365 e. The summed E-state index contributed by atoms with van der Waals surface area (Å²) in [6.45, 7) is 5.32. The van der Waals surface area contributed by atoms with Crippen LogP contribution in [0.4, 0.5) is 5.69 Å². The summed E-state index contributed by atoms with van der Waals surface area (Å²) in [6, 6.07) is 6.76. The van der Waals surface area contributed by atoms with Crippen molar-refractivity contribution >= 4 is 39.9 Å². The van der Waals surface area contributed by atoms with Crippen molar-refractivity contribution in [2.24, 2.45) is 0 Å². The van der Waals surface area contributed by atoms with E-state index in [1.807, 2.05) is 6.07 Å². The van der Waals surface area contributed by atoms with Gasteiger partial charge < -0.3 is 10.2 Å². The summed E-state index contributed by atoms with van der Waals surface area (Å²) in [6.07, 6.45) is 0. The number of rotatable bonds is 1. The van der Waals surface area contributed by atoms with Crippen LogP contribution in [0.1, 0.15) is 6.92 Å². The molecule has 1 aliphatic rings. The third kappa shape index (κ3) is 2.57. The fourth-order valence-corrected chi connectivity index (χ4v) is 2.88. The number of piperazine rings is 1. The van der Waals surface area contributed by atoms with Gasteiger partial charge in [0.15, 0.2) is 0 Å². The molecule has 1 N–H and O–H groups in total. The molecule has 0 amide bonds. The van der Waals surface area contributed by atoms with Crippen LogP contribution in [0.2, 0.25) is 5.02 Å². The zero-order chi connectivity index (χ0) is 10.8. The van der Waals surface area contributed by atoms with Crippen molar-refractivity contribution in [3.8, 4) is 0 Å². The van der Waals surface area contributed by atoms with E-state index in [0.717, 1.165) is 30.3 Å². The van der Waals surface area contributed by atoms with Crippen LogP contribution in [0.5, 0.6) is 0 Å². The third-order valence-corrected chi connectivity index (χ3v) is 3.69. The molecule has 0 aliphatic carbocycles. The molecule has 0 radical (unpaired) electrons. The monoisotopic (exact) mass is 336 g/mol. The van der Waals surface area contributed by atoms with Crippen LogP contribution in [0.25, 0.3) is 0 Å². The predicted molar refractivity (Wildman–Crippen MR) is 73.8 cm³/mol. The van der Waals surface area contributed by atoms with Gasteiger partial charge in [-0.25, -0.2) is 0 Å². The first-order valence-electron chi connectivity index (χ1n) is 5.11. The van der Waals surface area contributed by atoms with Gasteiger partial charge in [0.05, 0.1) is 10.7 Å². The molecule has 1 atom stereocenters. The van der Waals surface area contributed by atoms with Crippen LogP contribution < -0.4 is 10.2 Å². The number of halogens is 2. The van der Waals surface area contributed by atoms with Crippen molar-refractivity contribution in [2.75, 3.05) is 24.5 Å². The summed E-state index contributed by atoms with van der Waals surface area (Å²) in [7, 11) is 0. The molecule has 82 valence electrons. The molecular formula is C11H14ClIN2. The second-order valence-electron chi connectivity index (χ2n) is 3.84. The van der Waals surface area contributed by atoms with E-state index < -0.39 is 0 Å². The molecule has 0 saturated carbocycles. The second-order valence-corrected chi connectivity index (χ2v) is 5.50. The molecule has 1 fully saturated rings. The van der Waals surface area contributed by atoms with Gasteiger partial charge in [-0.15, -0.1) is 0 Å². The van der Waals surface area contributed by atoms with E-state index in [9.17, 15) is 0 Å². The number of hydrogen-bond donors (Lipinski definition) is 1. The number of nitrogens with one attached hydrogen (secondary N) is 1. The standard InChI is InChI=1S/C11H14ClIN2/c1-8-7-14-4-5-15(8)11-3-2-9(13)6-10(11)12/h2-3,6,8,14H,4-5,7H2,1H3. The maximum atomic E-state index is 6.26. The summed E-state index contributed by atoms with van der Waals surface area (Å²) < 4.78 is 1.18. The predicted octanol–water partition coefficient (Wildman–Crippen LogP) is 2.74. The van der Waals surface area contributed by atoms with E-state index in [1.54, 1.807) is 0 Å². The molecular weight excluding hydrogens is 322 g/mol. The highest BCUT2D eigenvalue weighted by Crippen LogP contribution is 2.29. The van der Waals surface area contributed by atoms with Crippen molar-refractivity contribution in [1.82, 2.24) is 5.32 Å². The number of benzene rings is 1. The van der Waals surface area contributed by atoms with E-state index in [0.29, 0.717) is 6.04 Å². The normalized spacial score (nSPS) is 21.8. The third-order valence-electron chi connectivity index (χ3n) is 2.72. The van der Waals surface area contributed by atoms with Gasteiger partial charge in [0.1, 0.15) is 0 Å². The molecule has 2 rings (SSSR count). The first-order chi connectivity index (χ1) is 7.18. The van der Waals surface area contributed by atoms with Gasteiger partial charge >= 0.3 is 0 Å². The second kappa shape index (κ2) is 4.89. The lowest BCUT2D eigenvalue weighted by Gasteiger charge is -2.36. The zero-order valence-electron chi connectivity index (χ0n) is 8.63. The average Bonchev–Trinajstić information content (AvgIpc) is 2.20. The van der Waals surface area contributed by atoms with Gasteiger partial charge in [-0.2, -0.15) is 0 Å². The quantitative estimate of drug-likeness (QED) is 0.793. The Kier molecular flexibility index (Phi) is 3.74. The Labute approximate surface area is 109 Å². The van der Waals surface area contributed by atoms with Crippen LogP contribution in [0, 0.1) is 3.57 Å². The van der Waals surface area contributed by atoms with Crippen LogP contribution in [0.15, 0.2) is 18.2 Å². The zero-order valence-corrected chi connectivity index (χ0v) is 11.5.